The lowest BCUT2D eigenvalue weighted by Gasteiger charge is -2.08. The first kappa shape index (κ1) is 15.2. The molecule has 0 saturated heterocycles. The van der Waals surface area contributed by atoms with Gasteiger partial charge in [0, 0.05) is 22.8 Å². The number of aromatic nitrogens is 2. The Morgan fingerprint density at radius 1 is 1.26 bits per heavy atom. The van der Waals surface area contributed by atoms with Crippen molar-refractivity contribution in [3.8, 4) is 10.6 Å². The summed E-state index contributed by atoms with van der Waals surface area (Å²) in [6.07, 6.45) is 3.10. The Balaban J connectivity index is 1.80. The molecule has 0 spiro atoms. The highest BCUT2D eigenvalue weighted by molar-refractivity contribution is 7.15. The largest absolute Gasteiger partial charge is 0.379 e. The molecule has 0 atom stereocenters. The van der Waals surface area contributed by atoms with Gasteiger partial charge in [-0.05, 0) is 13.0 Å². The predicted molar refractivity (Wildman–Crippen MR) is 92.4 cm³/mol. The zero-order valence-electron chi connectivity index (χ0n) is 12.6. The van der Waals surface area contributed by atoms with Gasteiger partial charge in [0.1, 0.15) is 5.01 Å². The van der Waals surface area contributed by atoms with Gasteiger partial charge in [-0.25, -0.2) is 4.98 Å². The zero-order chi connectivity index (χ0) is 16.2. The number of hydrogen-bond donors (Lipinski definition) is 2. The number of thiazole rings is 1. The maximum absolute atomic E-state index is 11.4. The normalized spacial score (nSPS) is 10.5. The fraction of sp³-hybridized carbons (Fsp3) is 0.118. The van der Waals surface area contributed by atoms with Gasteiger partial charge in [-0.15, -0.1) is 11.3 Å². The van der Waals surface area contributed by atoms with Crippen molar-refractivity contribution in [1.82, 2.24) is 9.97 Å². The third-order valence-corrected chi connectivity index (χ3v) is 4.65. The van der Waals surface area contributed by atoms with Crippen molar-refractivity contribution in [3.63, 3.8) is 0 Å². The van der Waals surface area contributed by atoms with E-state index in [4.69, 9.17) is 5.73 Å². The van der Waals surface area contributed by atoms with Crippen LogP contribution in [0, 0.1) is 6.92 Å². The van der Waals surface area contributed by atoms with Crippen LogP contribution in [0.5, 0.6) is 0 Å². The molecule has 0 unspecified atom stereocenters. The molecular weight excluding hydrogens is 308 g/mol. The lowest BCUT2D eigenvalue weighted by atomic mass is 10.2. The number of benzene rings is 1. The fourth-order valence-electron chi connectivity index (χ4n) is 2.22. The number of hydrogen-bond acceptors (Lipinski definition) is 5. The predicted octanol–water partition coefficient (Wildman–Crippen LogP) is 3.22. The summed E-state index contributed by atoms with van der Waals surface area (Å²) in [6, 6.07) is 11.8. The number of nitrogens with zero attached hydrogens (tertiary/aromatic N) is 2. The van der Waals surface area contributed by atoms with Gasteiger partial charge in [-0.3, -0.25) is 9.78 Å². The SMILES string of the molecule is Cc1nc(-c2ccccc2)sc1CNc1ccncc1C(N)=O. The van der Waals surface area contributed by atoms with Crippen LogP contribution in [0.4, 0.5) is 5.69 Å². The first-order valence-corrected chi connectivity index (χ1v) is 7.96. The molecule has 3 N–H and O–H groups in total. The van der Waals surface area contributed by atoms with Crippen LogP contribution in [0.15, 0.2) is 48.8 Å². The molecular formula is C17H16N4OS. The van der Waals surface area contributed by atoms with Crippen molar-refractivity contribution >= 4 is 22.9 Å². The molecule has 0 aliphatic rings. The van der Waals surface area contributed by atoms with Gasteiger partial charge in [0.05, 0.1) is 23.5 Å². The zero-order valence-corrected chi connectivity index (χ0v) is 13.4. The third-order valence-electron chi connectivity index (χ3n) is 3.44. The minimum Gasteiger partial charge on any atom is -0.379 e. The molecule has 2 aromatic heterocycles. The molecule has 6 heteroatoms. The summed E-state index contributed by atoms with van der Waals surface area (Å²) in [6.45, 7) is 2.57. The summed E-state index contributed by atoms with van der Waals surface area (Å²) in [5, 5.41) is 4.24. The van der Waals surface area contributed by atoms with E-state index < -0.39 is 5.91 Å². The van der Waals surface area contributed by atoms with E-state index >= 15 is 0 Å². The second kappa shape index (κ2) is 6.58. The number of anilines is 1. The van der Waals surface area contributed by atoms with E-state index in [1.54, 1.807) is 23.6 Å². The molecule has 0 aliphatic carbocycles. The van der Waals surface area contributed by atoms with Gasteiger partial charge in [0.2, 0.25) is 0 Å². The average Bonchev–Trinajstić information content (AvgIpc) is 2.95. The lowest BCUT2D eigenvalue weighted by molar-refractivity contribution is 0.100. The maximum atomic E-state index is 11.4. The van der Waals surface area contributed by atoms with E-state index in [0.717, 1.165) is 21.1 Å². The number of nitrogens with two attached hydrogens (primary N) is 1. The van der Waals surface area contributed by atoms with Crippen molar-refractivity contribution in [1.29, 1.82) is 0 Å². The fourth-order valence-corrected chi connectivity index (χ4v) is 3.22. The molecule has 5 nitrogen and oxygen atoms in total. The Morgan fingerprint density at radius 2 is 2.04 bits per heavy atom. The standard InChI is InChI=1S/C17H16N4OS/c1-11-15(23-17(21-11)12-5-3-2-4-6-12)10-20-14-7-8-19-9-13(14)16(18)22/h2-9H,10H2,1H3,(H2,18,22)(H,19,20). The molecule has 0 radical (unpaired) electrons. The van der Waals surface area contributed by atoms with Gasteiger partial charge in [-0.1, -0.05) is 30.3 Å². The van der Waals surface area contributed by atoms with Gasteiger partial charge < -0.3 is 11.1 Å². The molecule has 2 heterocycles. The molecule has 0 saturated carbocycles. The van der Waals surface area contributed by atoms with E-state index in [1.807, 2.05) is 37.3 Å². The van der Waals surface area contributed by atoms with E-state index in [1.165, 1.54) is 6.20 Å². The van der Waals surface area contributed by atoms with Crippen LogP contribution in [0.25, 0.3) is 10.6 Å². The van der Waals surface area contributed by atoms with E-state index in [2.05, 4.69) is 15.3 Å². The van der Waals surface area contributed by atoms with Crippen molar-refractivity contribution < 1.29 is 4.79 Å². The van der Waals surface area contributed by atoms with Crippen molar-refractivity contribution in [3.05, 3.63) is 64.9 Å². The molecule has 1 amide bonds. The van der Waals surface area contributed by atoms with Crippen LogP contribution >= 0.6 is 11.3 Å². The van der Waals surface area contributed by atoms with Crippen LogP contribution in [-0.4, -0.2) is 15.9 Å². The third kappa shape index (κ3) is 3.37. The molecule has 0 bridgehead atoms. The van der Waals surface area contributed by atoms with Crippen LogP contribution in [-0.2, 0) is 6.54 Å². The number of pyridine rings is 1. The summed E-state index contributed by atoms with van der Waals surface area (Å²) in [4.78, 5) is 21.1. The number of amides is 1. The Morgan fingerprint density at radius 3 is 2.78 bits per heavy atom. The Kier molecular flexibility index (Phi) is 4.34. The van der Waals surface area contributed by atoms with E-state index in [-0.39, 0.29) is 0 Å². The highest BCUT2D eigenvalue weighted by atomic mass is 32.1. The molecule has 0 aliphatic heterocycles. The topological polar surface area (TPSA) is 80.9 Å². The number of carbonyl (C=O) groups is 1. The number of carbonyl (C=O) groups excluding carboxylic acids is 1. The van der Waals surface area contributed by atoms with E-state index in [9.17, 15) is 4.79 Å². The quantitative estimate of drug-likeness (QED) is 0.755. The number of aryl methyl sites for hydroxylation is 1. The summed E-state index contributed by atoms with van der Waals surface area (Å²) in [7, 11) is 0. The summed E-state index contributed by atoms with van der Waals surface area (Å²) >= 11 is 1.64. The van der Waals surface area contributed by atoms with Gasteiger partial charge >= 0.3 is 0 Å². The highest BCUT2D eigenvalue weighted by Crippen LogP contribution is 2.28. The van der Waals surface area contributed by atoms with Crippen molar-refractivity contribution in [2.45, 2.75) is 13.5 Å². The number of primary amides is 1. The van der Waals surface area contributed by atoms with Crippen LogP contribution < -0.4 is 11.1 Å². The Labute approximate surface area is 138 Å². The molecule has 1 aromatic carbocycles. The van der Waals surface area contributed by atoms with Gasteiger partial charge in [-0.2, -0.15) is 0 Å². The highest BCUT2D eigenvalue weighted by Gasteiger charge is 2.11. The minimum atomic E-state index is -0.494. The first-order chi connectivity index (χ1) is 11.1. The summed E-state index contributed by atoms with van der Waals surface area (Å²) < 4.78 is 0. The average molecular weight is 324 g/mol. The van der Waals surface area contributed by atoms with Gasteiger partial charge in [0.15, 0.2) is 0 Å². The van der Waals surface area contributed by atoms with Crippen molar-refractivity contribution in [2.75, 3.05) is 5.32 Å². The smallest absolute Gasteiger partial charge is 0.252 e. The van der Waals surface area contributed by atoms with Crippen LogP contribution in [0.2, 0.25) is 0 Å². The second-order valence-electron chi connectivity index (χ2n) is 5.03. The Bertz CT molecular complexity index is 830. The molecule has 3 aromatic rings. The molecule has 0 fully saturated rings. The second-order valence-corrected chi connectivity index (χ2v) is 6.12. The number of nitrogens with one attached hydrogen (secondary N) is 1. The first-order valence-electron chi connectivity index (χ1n) is 7.14. The molecule has 116 valence electrons. The number of rotatable bonds is 5. The monoisotopic (exact) mass is 324 g/mol. The van der Waals surface area contributed by atoms with E-state index in [0.29, 0.717) is 17.8 Å². The van der Waals surface area contributed by atoms with Crippen molar-refractivity contribution in [2.24, 2.45) is 5.73 Å². The lowest BCUT2D eigenvalue weighted by Crippen LogP contribution is -2.14. The summed E-state index contributed by atoms with van der Waals surface area (Å²) in [5.74, 6) is -0.494. The Hall–Kier alpha value is -2.73. The van der Waals surface area contributed by atoms with Crippen LogP contribution in [0.3, 0.4) is 0 Å². The maximum Gasteiger partial charge on any atom is 0.252 e. The summed E-state index contributed by atoms with van der Waals surface area (Å²) in [5.41, 5.74) is 8.52. The minimum absolute atomic E-state index is 0.387. The van der Waals surface area contributed by atoms with Gasteiger partial charge in [0.25, 0.3) is 5.91 Å². The molecule has 23 heavy (non-hydrogen) atoms. The molecule has 3 rings (SSSR count). The van der Waals surface area contributed by atoms with Crippen LogP contribution in [0.1, 0.15) is 20.9 Å².